The van der Waals surface area contributed by atoms with Crippen molar-refractivity contribution in [2.75, 3.05) is 39.8 Å². The fourth-order valence-corrected chi connectivity index (χ4v) is 3.51. The fraction of sp³-hybridized carbons (Fsp3) is 0.381. The van der Waals surface area contributed by atoms with Gasteiger partial charge in [0, 0.05) is 57.2 Å². The second-order valence-corrected chi connectivity index (χ2v) is 7.20. The topological polar surface area (TPSA) is 60.8 Å². The number of rotatable bonds is 5. The second kappa shape index (κ2) is 10.1. The van der Waals surface area contributed by atoms with Gasteiger partial charge in [0.25, 0.3) is 0 Å². The van der Waals surface area contributed by atoms with Crippen LogP contribution in [-0.2, 0) is 17.6 Å². The number of halogens is 1. The number of hydrogen-bond acceptors (Lipinski definition) is 3. The number of hydrogen-bond donors (Lipinski definition) is 1. The molecule has 0 bridgehead atoms. The lowest BCUT2D eigenvalue weighted by Crippen LogP contribution is -2.54. The van der Waals surface area contributed by atoms with Crippen molar-refractivity contribution in [1.29, 1.82) is 0 Å². The van der Waals surface area contributed by atoms with Crippen LogP contribution >= 0.6 is 11.6 Å². The van der Waals surface area contributed by atoms with Crippen molar-refractivity contribution >= 4 is 23.5 Å². The Morgan fingerprint density at radius 1 is 1.14 bits per heavy atom. The van der Waals surface area contributed by atoms with Crippen molar-refractivity contribution in [3.8, 4) is 0 Å². The van der Waals surface area contributed by atoms with Crippen molar-refractivity contribution in [3.05, 3.63) is 64.9 Å². The number of nitrogens with one attached hydrogen (secondary N) is 1. The summed E-state index contributed by atoms with van der Waals surface area (Å²) in [5, 5.41) is 4.07. The van der Waals surface area contributed by atoms with Crippen LogP contribution in [0, 0.1) is 0 Å². The molecular weight excluding hydrogens is 374 g/mol. The van der Waals surface area contributed by atoms with Gasteiger partial charge in [-0.05, 0) is 35.7 Å². The molecule has 148 valence electrons. The van der Waals surface area contributed by atoms with E-state index in [-0.39, 0.29) is 5.91 Å². The molecule has 6 nitrogen and oxygen atoms in total. The third kappa shape index (κ3) is 5.70. The number of aromatic nitrogens is 1. The van der Waals surface area contributed by atoms with Crippen molar-refractivity contribution in [1.82, 2.24) is 20.1 Å². The monoisotopic (exact) mass is 399 g/mol. The third-order valence-corrected chi connectivity index (χ3v) is 5.04. The molecule has 1 N–H and O–H groups in total. The van der Waals surface area contributed by atoms with Crippen LogP contribution in [0.3, 0.4) is 0 Å². The molecule has 28 heavy (non-hydrogen) atoms. The van der Waals surface area contributed by atoms with Crippen LogP contribution in [0.2, 0.25) is 5.02 Å². The Morgan fingerprint density at radius 3 is 2.57 bits per heavy atom. The summed E-state index contributed by atoms with van der Waals surface area (Å²) >= 11 is 6.01. The van der Waals surface area contributed by atoms with Crippen LogP contribution < -0.4 is 5.32 Å². The second-order valence-electron chi connectivity index (χ2n) is 6.76. The highest BCUT2D eigenvalue weighted by atomic mass is 35.5. The lowest BCUT2D eigenvalue weighted by molar-refractivity contribution is -0.131. The predicted molar refractivity (Wildman–Crippen MR) is 113 cm³/mol. The van der Waals surface area contributed by atoms with Crippen molar-refractivity contribution < 1.29 is 4.79 Å². The molecule has 1 fully saturated rings. The van der Waals surface area contributed by atoms with Crippen LogP contribution in [0.1, 0.15) is 11.1 Å². The number of benzene rings is 1. The van der Waals surface area contributed by atoms with Gasteiger partial charge >= 0.3 is 0 Å². The van der Waals surface area contributed by atoms with Gasteiger partial charge in [-0.25, -0.2) is 0 Å². The maximum Gasteiger partial charge on any atom is 0.227 e. The molecule has 2 aromatic rings. The number of guanidine groups is 1. The number of carbonyl (C=O) groups excluding carboxylic acids is 1. The van der Waals surface area contributed by atoms with Gasteiger partial charge in [-0.1, -0.05) is 29.8 Å². The Balaban J connectivity index is 1.44. The van der Waals surface area contributed by atoms with E-state index < -0.39 is 0 Å². The van der Waals surface area contributed by atoms with Crippen LogP contribution in [-0.4, -0.2) is 66.4 Å². The molecular formula is C21H26ClN5O. The molecule has 0 radical (unpaired) electrons. The van der Waals surface area contributed by atoms with Gasteiger partial charge in [0.1, 0.15) is 0 Å². The molecule has 0 spiro atoms. The summed E-state index contributed by atoms with van der Waals surface area (Å²) in [6, 6.07) is 11.5. The SMILES string of the molecule is CN=C(NCCc1cccnc1)N1CCN(C(=O)Cc2cccc(Cl)c2)CC1. The number of nitrogens with zero attached hydrogens (tertiary/aromatic N) is 4. The van der Waals surface area contributed by atoms with E-state index in [1.54, 1.807) is 13.2 Å². The zero-order valence-corrected chi connectivity index (χ0v) is 16.9. The largest absolute Gasteiger partial charge is 0.356 e. The van der Waals surface area contributed by atoms with Crippen LogP contribution in [0.5, 0.6) is 0 Å². The molecule has 1 amide bonds. The molecule has 1 aliphatic rings. The molecule has 1 aliphatic heterocycles. The zero-order chi connectivity index (χ0) is 19.8. The van der Waals surface area contributed by atoms with Gasteiger partial charge < -0.3 is 15.1 Å². The average Bonchev–Trinajstić information content (AvgIpc) is 2.72. The number of aliphatic imine (C=N–C) groups is 1. The van der Waals surface area contributed by atoms with Crippen LogP contribution in [0.15, 0.2) is 53.8 Å². The molecule has 7 heteroatoms. The standard InChI is InChI=1S/C21H26ClN5O/c1-23-21(25-9-7-17-5-3-8-24-16-17)27-12-10-26(11-13-27)20(28)15-18-4-2-6-19(22)14-18/h2-6,8,14,16H,7,9-13,15H2,1H3,(H,23,25). The number of amides is 1. The van der Waals surface area contributed by atoms with E-state index in [1.165, 1.54) is 5.56 Å². The van der Waals surface area contributed by atoms with E-state index in [2.05, 4.69) is 26.3 Å². The molecule has 3 rings (SSSR count). The van der Waals surface area contributed by atoms with E-state index in [0.29, 0.717) is 24.5 Å². The van der Waals surface area contributed by atoms with Crippen LogP contribution in [0.4, 0.5) is 0 Å². The smallest absolute Gasteiger partial charge is 0.227 e. The van der Waals surface area contributed by atoms with E-state index >= 15 is 0 Å². The highest BCUT2D eigenvalue weighted by molar-refractivity contribution is 6.30. The predicted octanol–water partition coefficient (Wildman–Crippen LogP) is 2.24. The molecule has 0 unspecified atom stereocenters. The Bertz CT molecular complexity index is 803. The Hall–Kier alpha value is -2.60. The summed E-state index contributed by atoms with van der Waals surface area (Å²) in [5.41, 5.74) is 2.15. The van der Waals surface area contributed by atoms with E-state index in [0.717, 1.165) is 37.6 Å². The van der Waals surface area contributed by atoms with Crippen molar-refractivity contribution in [3.63, 3.8) is 0 Å². The summed E-state index contributed by atoms with van der Waals surface area (Å²) < 4.78 is 0. The first-order valence-corrected chi connectivity index (χ1v) is 9.90. The minimum absolute atomic E-state index is 0.140. The molecule has 1 aromatic heterocycles. The van der Waals surface area contributed by atoms with Gasteiger partial charge in [0.2, 0.25) is 5.91 Å². The van der Waals surface area contributed by atoms with Gasteiger partial charge in [0.05, 0.1) is 6.42 Å². The maximum absolute atomic E-state index is 12.6. The quantitative estimate of drug-likeness (QED) is 0.618. The maximum atomic E-state index is 12.6. The summed E-state index contributed by atoms with van der Waals surface area (Å²) in [6.07, 6.45) is 4.95. The Morgan fingerprint density at radius 2 is 1.89 bits per heavy atom. The molecule has 1 aromatic carbocycles. The average molecular weight is 400 g/mol. The Labute approximate surface area is 171 Å². The van der Waals surface area contributed by atoms with Crippen molar-refractivity contribution in [2.24, 2.45) is 4.99 Å². The van der Waals surface area contributed by atoms with Crippen LogP contribution in [0.25, 0.3) is 0 Å². The first-order valence-electron chi connectivity index (χ1n) is 9.52. The first-order chi connectivity index (χ1) is 13.7. The number of carbonyl (C=O) groups is 1. The summed E-state index contributed by atoms with van der Waals surface area (Å²) in [4.78, 5) is 25.2. The van der Waals surface area contributed by atoms with E-state index in [9.17, 15) is 4.79 Å². The molecule has 0 atom stereocenters. The normalized spacial score (nSPS) is 14.9. The number of pyridine rings is 1. The highest BCUT2D eigenvalue weighted by Gasteiger charge is 2.23. The molecule has 2 heterocycles. The lowest BCUT2D eigenvalue weighted by atomic mass is 10.1. The first kappa shape index (κ1) is 20.1. The van der Waals surface area contributed by atoms with E-state index in [4.69, 9.17) is 11.6 Å². The highest BCUT2D eigenvalue weighted by Crippen LogP contribution is 2.13. The zero-order valence-electron chi connectivity index (χ0n) is 16.1. The summed E-state index contributed by atoms with van der Waals surface area (Å²) in [7, 11) is 1.79. The van der Waals surface area contributed by atoms with E-state index in [1.807, 2.05) is 41.4 Å². The molecule has 1 saturated heterocycles. The fourth-order valence-electron chi connectivity index (χ4n) is 3.30. The molecule has 0 saturated carbocycles. The van der Waals surface area contributed by atoms with Gasteiger partial charge in [0.15, 0.2) is 5.96 Å². The van der Waals surface area contributed by atoms with Gasteiger partial charge in [-0.2, -0.15) is 0 Å². The summed E-state index contributed by atoms with van der Waals surface area (Å²) in [6.45, 7) is 3.74. The van der Waals surface area contributed by atoms with Gasteiger partial charge in [-0.15, -0.1) is 0 Å². The van der Waals surface area contributed by atoms with Crippen molar-refractivity contribution in [2.45, 2.75) is 12.8 Å². The third-order valence-electron chi connectivity index (χ3n) is 4.81. The Kier molecular flexibility index (Phi) is 7.25. The minimum atomic E-state index is 0.140. The summed E-state index contributed by atoms with van der Waals surface area (Å²) in [5.74, 6) is 1.02. The van der Waals surface area contributed by atoms with Gasteiger partial charge in [-0.3, -0.25) is 14.8 Å². The lowest BCUT2D eigenvalue weighted by Gasteiger charge is -2.36. The molecule has 0 aliphatic carbocycles. The minimum Gasteiger partial charge on any atom is -0.356 e. The number of piperazine rings is 1.